The Balaban J connectivity index is 1.73. The van der Waals surface area contributed by atoms with Crippen molar-refractivity contribution in [1.82, 2.24) is 0 Å². The first-order valence-electron chi connectivity index (χ1n) is 8.02. The van der Waals surface area contributed by atoms with E-state index in [2.05, 4.69) is 5.32 Å². The largest absolute Gasteiger partial charge is 0.494 e. The molecule has 2 N–H and O–H groups in total. The van der Waals surface area contributed by atoms with E-state index in [1.807, 2.05) is 0 Å². The molecule has 0 aliphatic heterocycles. The molecule has 0 bridgehead atoms. The zero-order chi connectivity index (χ0) is 18.1. The topological polar surface area (TPSA) is 75.6 Å². The van der Waals surface area contributed by atoms with E-state index in [0.717, 1.165) is 5.56 Å². The summed E-state index contributed by atoms with van der Waals surface area (Å²) in [7, 11) is 0. The van der Waals surface area contributed by atoms with Crippen LogP contribution < -0.4 is 10.1 Å². The van der Waals surface area contributed by atoms with Gasteiger partial charge in [0.1, 0.15) is 11.6 Å². The quantitative estimate of drug-likeness (QED) is 0.680. The minimum absolute atomic E-state index is 0.0716. The normalized spacial score (nSPS) is 10.3. The van der Waals surface area contributed by atoms with E-state index in [4.69, 9.17) is 9.84 Å². The second-order valence-electron chi connectivity index (χ2n) is 5.54. The van der Waals surface area contributed by atoms with Gasteiger partial charge in [0.25, 0.3) is 0 Å². The van der Waals surface area contributed by atoms with Crippen molar-refractivity contribution in [3.05, 3.63) is 59.9 Å². The summed E-state index contributed by atoms with van der Waals surface area (Å²) < 4.78 is 18.2. The van der Waals surface area contributed by atoms with Crippen molar-refractivity contribution >= 4 is 17.6 Å². The molecular formula is C19H20FNO4. The lowest BCUT2D eigenvalue weighted by atomic mass is 10.1. The van der Waals surface area contributed by atoms with Gasteiger partial charge in [0, 0.05) is 18.5 Å². The molecule has 132 valence electrons. The summed E-state index contributed by atoms with van der Waals surface area (Å²) in [6.45, 7) is 0.329. The Morgan fingerprint density at radius 3 is 2.32 bits per heavy atom. The number of amides is 1. The zero-order valence-corrected chi connectivity index (χ0v) is 13.7. The molecule has 0 unspecified atom stereocenters. The standard InChI is InChI=1S/C19H20FNO4/c20-15-6-3-14(4-7-15)5-12-18(22)21-16-8-10-17(11-9-16)25-13-1-2-19(23)24/h3-4,6-11H,1-2,5,12-13H2,(H,21,22)(H,23,24). The second kappa shape index (κ2) is 9.42. The fourth-order valence-corrected chi connectivity index (χ4v) is 2.18. The van der Waals surface area contributed by atoms with Crippen LogP contribution in [0.4, 0.5) is 10.1 Å². The van der Waals surface area contributed by atoms with E-state index in [0.29, 0.717) is 37.3 Å². The van der Waals surface area contributed by atoms with Crippen molar-refractivity contribution in [3.8, 4) is 5.75 Å². The van der Waals surface area contributed by atoms with Gasteiger partial charge in [-0.3, -0.25) is 9.59 Å². The highest BCUT2D eigenvalue weighted by Gasteiger charge is 2.04. The molecule has 1 amide bonds. The first kappa shape index (κ1) is 18.4. The summed E-state index contributed by atoms with van der Waals surface area (Å²) in [6.07, 6.45) is 1.36. The van der Waals surface area contributed by atoms with E-state index < -0.39 is 5.97 Å². The molecule has 0 spiro atoms. The van der Waals surface area contributed by atoms with Crippen LogP contribution in [0.25, 0.3) is 0 Å². The van der Waals surface area contributed by atoms with Gasteiger partial charge >= 0.3 is 5.97 Å². The van der Waals surface area contributed by atoms with Crippen LogP contribution in [0.5, 0.6) is 5.75 Å². The van der Waals surface area contributed by atoms with Gasteiger partial charge in [-0.25, -0.2) is 4.39 Å². The number of nitrogens with one attached hydrogen (secondary N) is 1. The van der Waals surface area contributed by atoms with Gasteiger partial charge in [0.2, 0.25) is 5.91 Å². The third-order valence-electron chi connectivity index (χ3n) is 3.50. The van der Waals surface area contributed by atoms with Crippen LogP contribution in [0.15, 0.2) is 48.5 Å². The highest BCUT2D eigenvalue weighted by atomic mass is 19.1. The van der Waals surface area contributed by atoms with E-state index in [1.54, 1.807) is 36.4 Å². The summed E-state index contributed by atoms with van der Waals surface area (Å²) in [5, 5.41) is 11.3. The van der Waals surface area contributed by atoms with Crippen molar-refractivity contribution in [2.24, 2.45) is 0 Å². The van der Waals surface area contributed by atoms with Crippen LogP contribution in [0.2, 0.25) is 0 Å². The number of carbonyl (C=O) groups excluding carboxylic acids is 1. The fourth-order valence-electron chi connectivity index (χ4n) is 2.18. The molecule has 0 saturated carbocycles. The van der Waals surface area contributed by atoms with E-state index in [1.165, 1.54) is 12.1 Å². The summed E-state index contributed by atoms with van der Waals surface area (Å²) in [5.74, 6) is -0.644. The second-order valence-corrected chi connectivity index (χ2v) is 5.54. The van der Waals surface area contributed by atoms with Gasteiger partial charge < -0.3 is 15.2 Å². The molecule has 2 aromatic rings. The minimum Gasteiger partial charge on any atom is -0.494 e. The average Bonchev–Trinajstić information content (AvgIpc) is 2.59. The molecule has 0 fully saturated rings. The number of ether oxygens (including phenoxy) is 1. The number of halogens is 1. The Bertz CT molecular complexity index is 698. The number of carboxylic acid groups (broad SMARTS) is 1. The molecule has 2 rings (SSSR count). The molecular weight excluding hydrogens is 325 g/mol. The molecule has 5 nitrogen and oxygen atoms in total. The zero-order valence-electron chi connectivity index (χ0n) is 13.7. The SMILES string of the molecule is O=C(O)CCCOc1ccc(NC(=O)CCc2ccc(F)cc2)cc1. The van der Waals surface area contributed by atoms with E-state index in [9.17, 15) is 14.0 Å². The van der Waals surface area contributed by atoms with E-state index >= 15 is 0 Å². The van der Waals surface area contributed by atoms with Gasteiger partial charge in [0.05, 0.1) is 6.61 Å². The summed E-state index contributed by atoms with van der Waals surface area (Å²) in [4.78, 5) is 22.3. The number of hydrogen-bond donors (Lipinski definition) is 2. The molecule has 0 aliphatic rings. The molecule has 2 aromatic carbocycles. The van der Waals surface area contributed by atoms with Gasteiger partial charge in [-0.1, -0.05) is 12.1 Å². The number of aliphatic carboxylic acids is 1. The third-order valence-corrected chi connectivity index (χ3v) is 3.50. The maximum atomic E-state index is 12.8. The summed E-state index contributed by atoms with van der Waals surface area (Å²) in [6, 6.07) is 13.0. The molecule has 0 atom stereocenters. The van der Waals surface area contributed by atoms with Gasteiger partial charge in [-0.05, 0) is 54.8 Å². The van der Waals surface area contributed by atoms with Crippen molar-refractivity contribution in [2.45, 2.75) is 25.7 Å². The van der Waals surface area contributed by atoms with Crippen molar-refractivity contribution in [3.63, 3.8) is 0 Å². The lowest BCUT2D eigenvalue weighted by Crippen LogP contribution is -2.12. The summed E-state index contributed by atoms with van der Waals surface area (Å²) >= 11 is 0. The molecule has 0 heterocycles. The molecule has 0 radical (unpaired) electrons. The Hall–Kier alpha value is -2.89. The van der Waals surface area contributed by atoms with Crippen molar-refractivity contribution in [2.75, 3.05) is 11.9 Å². The Morgan fingerprint density at radius 1 is 1.00 bits per heavy atom. The molecule has 0 aliphatic carbocycles. The van der Waals surface area contributed by atoms with Crippen LogP contribution in [-0.2, 0) is 16.0 Å². The average molecular weight is 345 g/mol. The van der Waals surface area contributed by atoms with Gasteiger partial charge in [-0.15, -0.1) is 0 Å². The first-order chi connectivity index (χ1) is 12.0. The molecule has 0 saturated heterocycles. The number of benzene rings is 2. The Morgan fingerprint density at radius 2 is 1.68 bits per heavy atom. The first-order valence-corrected chi connectivity index (χ1v) is 8.02. The monoisotopic (exact) mass is 345 g/mol. The third kappa shape index (κ3) is 7.03. The smallest absolute Gasteiger partial charge is 0.303 e. The number of hydrogen-bond acceptors (Lipinski definition) is 3. The van der Waals surface area contributed by atoms with Crippen molar-refractivity contribution in [1.29, 1.82) is 0 Å². The van der Waals surface area contributed by atoms with Crippen LogP contribution in [0, 0.1) is 5.82 Å². The van der Waals surface area contributed by atoms with Gasteiger partial charge in [-0.2, -0.15) is 0 Å². The highest BCUT2D eigenvalue weighted by Crippen LogP contribution is 2.16. The minimum atomic E-state index is -0.845. The predicted octanol–water partition coefficient (Wildman–Crippen LogP) is 3.64. The van der Waals surface area contributed by atoms with Crippen LogP contribution in [-0.4, -0.2) is 23.6 Å². The Labute approximate surface area is 145 Å². The van der Waals surface area contributed by atoms with Gasteiger partial charge in [0.15, 0.2) is 0 Å². The fraction of sp³-hybridized carbons (Fsp3) is 0.263. The maximum absolute atomic E-state index is 12.8. The predicted molar refractivity (Wildman–Crippen MR) is 92.2 cm³/mol. The number of anilines is 1. The number of aryl methyl sites for hydroxylation is 1. The molecule has 25 heavy (non-hydrogen) atoms. The van der Waals surface area contributed by atoms with E-state index in [-0.39, 0.29) is 18.1 Å². The van der Waals surface area contributed by atoms with Crippen LogP contribution in [0.3, 0.4) is 0 Å². The lowest BCUT2D eigenvalue weighted by molar-refractivity contribution is -0.137. The molecule has 0 aromatic heterocycles. The van der Waals surface area contributed by atoms with Crippen molar-refractivity contribution < 1.29 is 23.8 Å². The number of carbonyl (C=O) groups is 2. The number of carboxylic acids is 1. The maximum Gasteiger partial charge on any atom is 0.303 e. The molecule has 6 heteroatoms. The van der Waals surface area contributed by atoms with Crippen LogP contribution in [0.1, 0.15) is 24.8 Å². The highest BCUT2D eigenvalue weighted by molar-refractivity contribution is 5.90. The number of rotatable bonds is 9. The lowest BCUT2D eigenvalue weighted by Gasteiger charge is -2.08. The Kier molecular flexibility index (Phi) is 6.95. The summed E-state index contributed by atoms with van der Waals surface area (Å²) in [5.41, 5.74) is 1.56. The van der Waals surface area contributed by atoms with Crippen LogP contribution >= 0.6 is 0 Å².